The summed E-state index contributed by atoms with van der Waals surface area (Å²) in [5, 5.41) is 5.94. The highest BCUT2D eigenvalue weighted by molar-refractivity contribution is 7.87. The molecule has 2 heterocycles. The van der Waals surface area contributed by atoms with Crippen molar-refractivity contribution < 1.29 is 26.2 Å². The van der Waals surface area contributed by atoms with Crippen LogP contribution in [-0.2, 0) is 16.7 Å². The highest BCUT2D eigenvalue weighted by Gasteiger charge is 2.20. The van der Waals surface area contributed by atoms with Gasteiger partial charge in [0.25, 0.3) is 6.01 Å². The molecule has 0 radical (unpaired) electrons. The van der Waals surface area contributed by atoms with Gasteiger partial charge in [0.05, 0.1) is 29.2 Å². The Morgan fingerprint density at radius 1 is 1.03 bits per heavy atom. The van der Waals surface area contributed by atoms with Crippen LogP contribution in [0.25, 0.3) is 21.9 Å². The molecule has 0 amide bonds. The first kappa shape index (κ1) is 25.5. The van der Waals surface area contributed by atoms with E-state index in [1.807, 2.05) is 40.4 Å². The maximum absolute atomic E-state index is 14.2. The Balaban J connectivity index is 1.42. The van der Waals surface area contributed by atoms with E-state index in [0.29, 0.717) is 12.1 Å². The van der Waals surface area contributed by atoms with E-state index in [-0.39, 0.29) is 23.0 Å². The molecular weight excluding hydrogens is 534 g/mol. The standard InChI is InChI=1S/C26H20F2N4O4S2/c27-18-8-11-20(21(28)13-18)24-14-29-26(36-24)31-22(12-16-6-9-19(10-7-16)32-38(33,34)35)23-15-37-25(30-23)17-4-2-1-3-5-17/h1-11,13-15,22,32H,12H2,(H,29,31)(H,33,34,35). The molecule has 3 aromatic carbocycles. The van der Waals surface area contributed by atoms with Crippen molar-refractivity contribution in [3.05, 3.63) is 107 Å². The molecule has 1 unspecified atom stereocenters. The van der Waals surface area contributed by atoms with Gasteiger partial charge < -0.3 is 9.73 Å². The van der Waals surface area contributed by atoms with Gasteiger partial charge in [-0.3, -0.25) is 9.27 Å². The summed E-state index contributed by atoms with van der Waals surface area (Å²) in [6, 6.07) is 19.1. The average Bonchev–Trinajstić information content (AvgIpc) is 3.55. The number of anilines is 2. The van der Waals surface area contributed by atoms with E-state index < -0.39 is 28.0 Å². The summed E-state index contributed by atoms with van der Waals surface area (Å²) in [5.74, 6) is -1.33. The first-order chi connectivity index (χ1) is 18.2. The predicted molar refractivity (Wildman–Crippen MR) is 141 cm³/mol. The van der Waals surface area contributed by atoms with Crippen molar-refractivity contribution in [1.29, 1.82) is 0 Å². The van der Waals surface area contributed by atoms with E-state index in [9.17, 15) is 17.2 Å². The van der Waals surface area contributed by atoms with E-state index >= 15 is 0 Å². The van der Waals surface area contributed by atoms with Crippen LogP contribution in [0.15, 0.2) is 88.8 Å². The van der Waals surface area contributed by atoms with E-state index in [1.54, 1.807) is 12.1 Å². The quantitative estimate of drug-likeness (QED) is 0.182. The van der Waals surface area contributed by atoms with Crippen LogP contribution in [0.4, 0.5) is 20.5 Å². The molecule has 0 saturated carbocycles. The summed E-state index contributed by atoms with van der Waals surface area (Å²) >= 11 is 1.47. The molecule has 0 fully saturated rings. The van der Waals surface area contributed by atoms with Crippen molar-refractivity contribution >= 4 is 33.3 Å². The minimum Gasteiger partial charge on any atom is -0.423 e. The third kappa shape index (κ3) is 6.22. The third-order valence-corrected chi connectivity index (χ3v) is 6.94. The molecule has 5 aromatic rings. The van der Waals surface area contributed by atoms with Gasteiger partial charge in [0.2, 0.25) is 0 Å². The zero-order valence-corrected chi connectivity index (χ0v) is 21.1. The number of oxazole rings is 1. The SMILES string of the molecule is O=S(=O)(O)Nc1ccc(CC(Nc2ncc(-c3ccc(F)cc3F)o2)c2csc(-c3ccccc3)n2)cc1. The summed E-state index contributed by atoms with van der Waals surface area (Å²) in [7, 11) is -4.39. The van der Waals surface area contributed by atoms with Crippen molar-refractivity contribution in [3.8, 4) is 21.9 Å². The molecule has 2 aromatic heterocycles. The number of rotatable bonds is 9. The molecule has 0 saturated heterocycles. The number of benzene rings is 3. The fourth-order valence-corrected chi connectivity index (χ4v) is 5.10. The van der Waals surface area contributed by atoms with Crippen molar-refractivity contribution in [2.75, 3.05) is 10.0 Å². The highest BCUT2D eigenvalue weighted by atomic mass is 32.2. The monoisotopic (exact) mass is 554 g/mol. The van der Waals surface area contributed by atoms with Crippen LogP contribution < -0.4 is 10.0 Å². The maximum atomic E-state index is 14.2. The second kappa shape index (κ2) is 10.7. The molecule has 0 spiro atoms. The zero-order valence-electron chi connectivity index (χ0n) is 19.5. The molecule has 0 bridgehead atoms. The lowest BCUT2D eigenvalue weighted by molar-refractivity contribution is 0.489. The number of hydrogen-bond donors (Lipinski definition) is 3. The Hall–Kier alpha value is -4.13. The number of thiazole rings is 1. The van der Waals surface area contributed by atoms with Crippen LogP contribution in [0.1, 0.15) is 17.3 Å². The molecule has 0 aliphatic heterocycles. The zero-order chi connectivity index (χ0) is 26.7. The van der Waals surface area contributed by atoms with Crippen LogP contribution in [0.2, 0.25) is 0 Å². The number of hydrogen-bond acceptors (Lipinski definition) is 7. The number of nitrogens with one attached hydrogen (secondary N) is 2. The first-order valence-corrected chi connectivity index (χ1v) is 13.6. The second-order valence-corrected chi connectivity index (χ2v) is 10.3. The van der Waals surface area contributed by atoms with Crippen LogP contribution in [0, 0.1) is 11.6 Å². The average molecular weight is 555 g/mol. The molecule has 194 valence electrons. The maximum Gasteiger partial charge on any atom is 0.357 e. The number of nitrogens with zero attached hydrogens (tertiary/aromatic N) is 2. The minimum absolute atomic E-state index is 0.0745. The molecule has 1 atom stereocenters. The summed E-state index contributed by atoms with van der Waals surface area (Å²) in [5.41, 5.74) is 2.79. The molecule has 8 nitrogen and oxygen atoms in total. The van der Waals surface area contributed by atoms with Gasteiger partial charge >= 0.3 is 10.3 Å². The molecule has 12 heteroatoms. The summed E-state index contributed by atoms with van der Waals surface area (Å²) < 4.78 is 66.5. The lowest BCUT2D eigenvalue weighted by atomic mass is 10.0. The van der Waals surface area contributed by atoms with Gasteiger partial charge in [0.15, 0.2) is 5.76 Å². The molecular formula is C26H20F2N4O4S2. The van der Waals surface area contributed by atoms with Gasteiger partial charge in [-0.05, 0) is 36.2 Å². The fraction of sp³-hybridized carbons (Fsp3) is 0.0769. The van der Waals surface area contributed by atoms with Crippen LogP contribution in [0.3, 0.4) is 0 Å². The highest BCUT2D eigenvalue weighted by Crippen LogP contribution is 2.32. The summed E-state index contributed by atoms with van der Waals surface area (Å²) in [6.45, 7) is 0. The van der Waals surface area contributed by atoms with Gasteiger partial charge in [-0.2, -0.15) is 8.42 Å². The fourth-order valence-electron chi connectivity index (χ4n) is 3.79. The van der Waals surface area contributed by atoms with E-state index in [0.717, 1.165) is 28.3 Å². The molecule has 3 N–H and O–H groups in total. The summed E-state index contributed by atoms with van der Waals surface area (Å²) in [4.78, 5) is 9.00. The van der Waals surface area contributed by atoms with Gasteiger partial charge in [-0.25, -0.2) is 18.7 Å². The molecule has 5 rings (SSSR count). The predicted octanol–water partition coefficient (Wildman–Crippen LogP) is 6.35. The Morgan fingerprint density at radius 3 is 2.50 bits per heavy atom. The van der Waals surface area contributed by atoms with Gasteiger partial charge in [0, 0.05) is 17.0 Å². The largest absolute Gasteiger partial charge is 0.423 e. The van der Waals surface area contributed by atoms with Crippen molar-refractivity contribution in [3.63, 3.8) is 0 Å². The van der Waals surface area contributed by atoms with Gasteiger partial charge in [-0.15, -0.1) is 11.3 Å². The van der Waals surface area contributed by atoms with Crippen LogP contribution >= 0.6 is 11.3 Å². The van der Waals surface area contributed by atoms with Crippen LogP contribution in [-0.4, -0.2) is 22.9 Å². The van der Waals surface area contributed by atoms with Gasteiger partial charge in [-0.1, -0.05) is 42.5 Å². The van der Waals surface area contributed by atoms with Gasteiger partial charge in [0.1, 0.15) is 16.6 Å². The lowest BCUT2D eigenvalue weighted by Crippen LogP contribution is -2.15. The Bertz CT molecular complexity index is 1660. The van der Waals surface area contributed by atoms with Crippen molar-refractivity contribution in [1.82, 2.24) is 9.97 Å². The molecule has 0 aliphatic carbocycles. The molecule has 38 heavy (non-hydrogen) atoms. The Kier molecular flexibility index (Phi) is 7.18. The van der Waals surface area contributed by atoms with E-state index in [4.69, 9.17) is 14.0 Å². The van der Waals surface area contributed by atoms with Crippen LogP contribution in [0.5, 0.6) is 0 Å². The van der Waals surface area contributed by atoms with E-state index in [1.165, 1.54) is 35.7 Å². The normalized spacial score (nSPS) is 12.3. The smallest absolute Gasteiger partial charge is 0.357 e. The number of aromatic nitrogens is 2. The second-order valence-electron chi connectivity index (χ2n) is 8.27. The summed E-state index contributed by atoms with van der Waals surface area (Å²) in [6.07, 6.45) is 1.76. The van der Waals surface area contributed by atoms with Crippen molar-refractivity contribution in [2.45, 2.75) is 12.5 Å². The lowest BCUT2D eigenvalue weighted by Gasteiger charge is -2.16. The third-order valence-electron chi connectivity index (χ3n) is 5.54. The Labute approximate surface area is 220 Å². The first-order valence-electron chi connectivity index (χ1n) is 11.3. The van der Waals surface area contributed by atoms with E-state index in [2.05, 4.69) is 10.3 Å². The molecule has 0 aliphatic rings. The number of halogens is 2. The Morgan fingerprint density at radius 2 is 1.79 bits per heavy atom. The topological polar surface area (TPSA) is 117 Å². The van der Waals surface area contributed by atoms with Crippen molar-refractivity contribution in [2.24, 2.45) is 0 Å². The minimum atomic E-state index is -4.39.